The minimum absolute atomic E-state index is 0.704. The van der Waals surface area contributed by atoms with Crippen molar-refractivity contribution >= 4 is 12.6 Å². The molecule has 0 aromatic heterocycles. The van der Waals surface area contributed by atoms with Crippen LogP contribution in [0.25, 0.3) is 0 Å². The fourth-order valence-corrected chi connectivity index (χ4v) is 0.937. The van der Waals surface area contributed by atoms with Crippen LogP contribution in [0.15, 0.2) is 24.3 Å². The third-order valence-corrected chi connectivity index (χ3v) is 1.58. The molecule has 0 atom stereocenters. The molecule has 0 heterocycles. The normalized spacial score (nSPS) is 9.73. The molecule has 0 aliphatic carbocycles. The van der Waals surface area contributed by atoms with Gasteiger partial charge in [0.05, 0.1) is 0 Å². The third-order valence-electron chi connectivity index (χ3n) is 1.58. The number of aryl methyl sites for hydroxylation is 1. The molecule has 58 valence electrons. The molecular weight excluding hydrogens is 141 g/mol. The van der Waals surface area contributed by atoms with Crippen LogP contribution in [0.4, 0.5) is 0 Å². The van der Waals surface area contributed by atoms with Gasteiger partial charge in [0, 0.05) is 0 Å². The Hall–Kier alpha value is -0.835. The molecule has 3 N–H and O–H groups in total. The van der Waals surface area contributed by atoms with Gasteiger partial charge in [-0.05, 0) is 12.4 Å². The summed E-state index contributed by atoms with van der Waals surface area (Å²) in [4.78, 5) is 0. The molecule has 0 aliphatic rings. The molecule has 11 heavy (non-hydrogen) atoms. The quantitative estimate of drug-likeness (QED) is 0.445. The SMILES string of the molecule is Cc1ccccc1B(O)ON. The first-order valence-electron chi connectivity index (χ1n) is 3.35. The summed E-state index contributed by atoms with van der Waals surface area (Å²) in [5.74, 6) is 4.82. The highest BCUT2D eigenvalue weighted by Crippen LogP contribution is 1.93. The van der Waals surface area contributed by atoms with E-state index in [1.54, 1.807) is 6.07 Å². The second kappa shape index (κ2) is 3.53. The maximum Gasteiger partial charge on any atom is 0.508 e. The van der Waals surface area contributed by atoms with E-state index in [0.717, 1.165) is 5.56 Å². The van der Waals surface area contributed by atoms with E-state index in [4.69, 9.17) is 10.9 Å². The summed E-state index contributed by atoms with van der Waals surface area (Å²) in [7, 11) is -1.02. The highest BCUT2D eigenvalue weighted by molar-refractivity contribution is 6.60. The molecule has 0 bridgehead atoms. The maximum absolute atomic E-state index is 9.16. The Morgan fingerprint density at radius 3 is 2.64 bits per heavy atom. The topological polar surface area (TPSA) is 55.5 Å². The van der Waals surface area contributed by atoms with E-state index in [1.807, 2.05) is 25.1 Å². The molecule has 0 saturated heterocycles. The van der Waals surface area contributed by atoms with Crippen LogP contribution >= 0.6 is 0 Å². The van der Waals surface area contributed by atoms with Crippen molar-refractivity contribution < 1.29 is 9.78 Å². The molecule has 0 aliphatic heterocycles. The van der Waals surface area contributed by atoms with Crippen LogP contribution in [-0.4, -0.2) is 12.1 Å². The molecule has 0 amide bonds. The average molecular weight is 151 g/mol. The summed E-state index contributed by atoms with van der Waals surface area (Å²) < 4.78 is 4.27. The lowest BCUT2D eigenvalue weighted by Crippen LogP contribution is -2.37. The second-order valence-electron chi connectivity index (χ2n) is 2.35. The van der Waals surface area contributed by atoms with Gasteiger partial charge in [0.25, 0.3) is 0 Å². The largest absolute Gasteiger partial charge is 0.508 e. The molecule has 1 aromatic rings. The zero-order valence-electron chi connectivity index (χ0n) is 6.32. The van der Waals surface area contributed by atoms with Crippen molar-refractivity contribution in [2.24, 2.45) is 5.90 Å². The highest BCUT2D eigenvalue weighted by atomic mass is 16.6. The summed E-state index contributed by atoms with van der Waals surface area (Å²) in [5.41, 5.74) is 1.67. The van der Waals surface area contributed by atoms with Crippen molar-refractivity contribution in [3.8, 4) is 0 Å². The fraction of sp³-hybridized carbons (Fsp3) is 0.143. The van der Waals surface area contributed by atoms with Crippen LogP contribution in [0.2, 0.25) is 0 Å². The predicted molar refractivity (Wildman–Crippen MR) is 44.1 cm³/mol. The van der Waals surface area contributed by atoms with Crippen molar-refractivity contribution in [3.63, 3.8) is 0 Å². The lowest BCUT2D eigenvalue weighted by atomic mass is 9.77. The zero-order valence-corrected chi connectivity index (χ0v) is 6.32. The van der Waals surface area contributed by atoms with Crippen LogP contribution in [0, 0.1) is 6.92 Å². The Kier molecular flexibility index (Phi) is 2.65. The van der Waals surface area contributed by atoms with E-state index >= 15 is 0 Å². The van der Waals surface area contributed by atoms with Gasteiger partial charge in [-0.3, -0.25) is 0 Å². The van der Waals surface area contributed by atoms with Crippen molar-refractivity contribution in [1.29, 1.82) is 0 Å². The Morgan fingerprint density at radius 1 is 1.45 bits per heavy atom. The van der Waals surface area contributed by atoms with Crippen molar-refractivity contribution in [3.05, 3.63) is 29.8 Å². The molecule has 0 fully saturated rings. The first-order chi connectivity index (χ1) is 5.25. The van der Waals surface area contributed by atoms with Crippen LogP contribution in [0.3, 0.4) is 0 Å². The Morgan fingerprint density at radius 2 is 2.09 bits per heavy atom. The smallest absolute Gasteiger partial charge is 0.422 e. The third kappa shape index (κ3) is 1.80. The van der Waals surface area contributed by atoms with E-state index in [-0.39, 0.29) is 0 Å². The van der Waals surface area contributed by atoms with Crippen LogP contribution in [-0.2, 0) is 4.76 Å². The predicted octanol–water partition coefficient (Wildman–Crippen LogP) is -0.427. The van der Waals surface area contributed by atoms with Gasteiger partial charge in [0.15, 0.2) is 0 Å². The number of benzene rings is 1. The van der Waals surface area contributed by atoms with Gasteiger partial charge in [-0.1, -0.05) is 29.8 Å². The summed E-state index contributed by atoms with van der Waals surface area (Å²) in [6.07, 6.45) is 0. The van der Waals surface area contributed by atoms with E-state index in [2.05, 4.69) is 4.76 Å². The molecule has 1 rings (SSSR count). The molecule has 0 unspecified atom stereocenters. The maximum atomic E-state index is 9.16. The highest BCUT2D eigenvalue weighted by Gasteiger charge is 2.16. The Bertz CT molecular complexity index is 242. The molecule has 0 spiro atoms. The zero-order chi connectivity index (χ0) is 8.27. The minimum atomic E-state index is -1.02. The Labute approximate surface area is 65.9 Å². The number of hydrogen-bond donors (Lipinski definition) is 2. The molecule has 0 radical (unpaired) electrons. The second-order valence-corrected chi connectivity index (χ2v) is 2.35. The minimum Gasteiger partial charge on any atom is -0.422 e. The fourth-order valence-electron chi connectivity index (χ4n) is 0.937. The van der Waals surface area contributed by atoms with Gasteiger partial charge in [0.1, 0.15) is 0 Å². The summed E-state index contributed by atoms with van der Waals surface area (Å²) in [6, 6.07) is 7.37. The molecular formula is C7H10BNO2. The van der Waals surface area contributed by atoms with E-state index in [1.165, 1.54) is 0 Å². The van der Waals surface area contributed by atoms with Gasteiger partial charge in [-0.15, -0.1) is 0 Å². The number of hydrogen-bond acceptors (Lipinski definition) is 3. The van der Waals surface area contributed by atoms with Gasteiger partial charge in [0.2, 0.25) is 0 Å². The van der Waals surface area contributed by atoms with E-state index in [0.29, 0.717) is 5.46 Å². The number of nitrogens with two attached hydrogens (primary N) is 1. The molecule has 0 saturated carbocycles. The lowest BCUT2D eigenvalue weighted by Gasteiger charge is -2.05. The first kappa shape index (κ1) is 8.26. The average Bonchev–Trinajstić information content (AvgIpc) is 2.04. The monoisotopic (exact) mass is 151 g/mol. The molecule has 1 aromatic carbocycles. The summed E-state index contributed by atoms with van der Waals surface area (Å²) in [5, 5.41) is 9.16. The first-order valence-corrected chi connectivity index (χ1v) is 3.35. The van der Waals surface area contributed by atoms with E-state index < -0.39 is 7.12 Å². The summed E-state index contributed by atoms with van der Waals surface area (Å²) in [6.45, 7) is 1.89. The van der Waals surface area contributed by atoms with Gasteiger partial charge in [-0.25, -0.2) is 5.90 Å². The van der Waals surface area contributed by atoms with Crippen LogP contribution in [0.5, 0.6) is 0 Å². The Balaban J connectivity index is 2.93. The molecule has 4 heteroatoms. The van der Waals surface area contributed by atoms with Crippen molar-refractivity contribution in [2.45, 2.75) is 6.92 Å². The lowest BCUT2D eigenvalue weighted by molar-refractivity contribution is 0.281. The van der Waals surface area contributed by atoms with Gasteiger partial charge < -0.3 is 9.78 Å². The van der Waals surface area contributed by atoms with Crippen molar-refractivity contribution in [2.75, 3.05) is 0 Å². The van der Waals surface area contributed by atoms with E-state index in [9.17, 15) is 0 Å². The molecule has 3 nitrogen and oxygen atoms in total. The van der Waals surface area contributed by atoms with Crippen molar-refractivity contribution in [1.82, 2.24) is 0 Å². The van der Waals surface area contributed by atoms with Crippen LogP contribution in [0.1, 0.15) is 5.56 Å². The standard InChI is InChI=1S/C7H10BNO2/c1-6-4-2-3-5-7(6)8(10)11-9/h2-5,10H,9H2,1H3. The summed E-state index contributed by atoms with van der Waals surface area (Å²) >= 11 is 0. The van der Waals surface area contributed by atoms with Gasteiger partial charge >= 0.3 is 7.12 Å². The number of rotatable bonds is 2. The van der Waals surface area contributed by atoms with Gasteiger partial charge in [-0.2, -0.15) is 0 Å². The van der Waals surface area contributed by atoms with Crippen LogP contribution < -0.4 is 11.4 Å².